The maximum Gasteiger partial charge on any atom is 0.248 e. The minimum Gasteiger partial charge on any atom is -0.324 e. The monoisotopic (exact) mass is 374 g/mol. The van der Waals surface area contributed by atoms with E-state index in [0.717, 1.165) is 28.6 Å². The lowest BCUT2D eigenvalue weighted by molar-refractivity contribution is -0.117. The summed E-state index contributed by atoms with van der Waals surface area (Å²) in [6.07, 6.45) is 1.48. The van der Waals surface area contributed by atoms with E-state index in [-0.39, 0.29) is 5.91 Å². The van der Waals surface area contributed by atoms with Crippen molar-refractivity contribution in [1.29, 1.82) is 0 Å². The van der Waals surface area contributed by atoms with E-state index in [4.69, 9.17) is 0 Å². The van der Waals surface area contributed by atoms with Gasteiger partial charge in [-0.1, -0.05) is 42.8 Å². The highest BCUT2D eigenvalue weighted by Crippen LogP contribution is 2.25. The molecule has 0 spiro atoms. The molecule has 0 bridgehead atoms. The van der Waals surface area contributed by atoms with Gasteiger partial charge in [0.15, 0.2) is 0 Å². The van der Waals surface area contributed by atoms with Crippen molar-refractivity contribution in [1.82, 2.24) is 0 Å². The summed E-state index contributed by atoms with van der Waals surface area (Å²) in [5, 5.41) is 2.93. The number of anilines is 2. The molecular weight excluding hydrogens is 348 g/mol. The maximum atomic E-state index is 13.0. The molecule has 6 heteroatoms. The predicted molar refractivity (Wildman–Crippen MR) is 107 cm³/mol. The molecule has 0 saturated carbocycles. The van der Waals surface area contributed by atoms with Gasteiger partial charge in [-0.05, 0) is 50.5 Å². The topological polar surface area (TPSA) is 66.5 Å². The molecule has 0 radical (unpaired) electrons. The lowest BCUT2D eigenvalue weighted by Gasteiger charge is -2.30. The predicted octanol–water partition coefficient (Wildman–Crippen LogP) is 3.80. The van der Waals surface area contributed by atoms with Crippen molar-refractivity contribution < 1.29 is 13.2 Å². The first-order valence-electron chi connectivity index (χ1n) is 8.58. The van der Waals surface area contributed by atoms with Crippen LogP contribution in [0.3, 0.4) is 0 Å². The van der Waals surface area contributed by atoms with Crippen LogP contribution in [0, 0.1) is 20.8 Å². The Hall–Kier alpha value is -2.34. The van der Waals surface area contributed by atoms with Crippen molar-refractivity contribution in [3.63, 3.8) is 0 Å². The highest BCUT2D eigenvalue weighted by atomic mass is 32.2. The SMILES string of the molecule is CCC(C(=O)Nc1c(C)cc(C)cc1C)N(c1ccccc1)S(C)(=O)=O. The van der Waals surface area contributed by atoms with E-state index in [9.17, 15) is 13.2 Å². The molecule has 0 aliphatic rings. The molecule has 0 heterocycles. The highest BCUT2D eigenvalue weighted by Gasteiger charge is 2.31. The number of nitrogens with one attached hydrogen (secondary N) is 1. The first kappa shape index (κ1) is 20.0. The molecule has 1 atom stereocenters. The molecule has 140 valence electrons. The van der Waals surface area contributed by atoms with Crippen LogP contribution in [0.15, 0.2) is 42.5 Å². The largest absolute Gasteiger partial charge is 0.324 e. The fourth-order valence-corrected chi connectivity index (χ4v) is 4.43. The Kier molecular flexibility index (Phi) is 6.08. The van der Waals surface area contributed by atoms with E-state index in [1.54, 1.807) is 31.2 Å². The molecule has 0 aromatic heterocycles. The third kappa shape index (κ3) is 4.43. The summed E-state index contributed by atoms with van der Waals surface area (Å²) in [7, 11) is -3.62. The summed E-state index contributed by atoms with van der Waals surface area (Å²) in [5.74, 6) is -0.336. The molecule has 1 unspecified atom stereocenters. The van der Waals surface area contributed by atoms with Crippen molar-refractivity contribution in [2.75, 3.05) is 15.9 Å². The lowest BCUT2D eigenvalue weighted by Crippen LogP contribution is -2.47. The molecule has 5 nitrogen and oxygen atoms in total. The van der Waals surface area contributed by atoms with E-state index in [0.29, 0.717) is 12.1 Å². The van der Waals surface area contributed by atoms with Crippen LogP contribution in [-0.4, -0.2) is 26.6 Å². The summed E-state index contributed by atoms with van der Waals surface area (Å²) in [6.45, 7) is 7.67. The second kappa shape index (κ2) is 7.91. The van der Waals surface area contributed by atoms with Gasteiger partial charge in [0.05, 0.1) is 11.9 Å². The number of rotatable bonds is 6. The fourth-order valence-electron chi connectivity index (χ4n) is 3.22. The van der Waals surface area contributed by atoms with Gasteiger partial charge in [0, 0.05) is 5.69 Å². The zero-order chi connectivity index (χ0) is 19.5. The number of carbonyl (C=O) groups excluding carboxylic acids is 1. The van der Waals surface area contributed by atoms with E-state index in [1.165, 1.54) is 4.31 Å². The minimum absolute atomic E-state index is 0.336. The second-order valence-corrected chi connectivity index (χ2v) is 8.44. The van der Waals surface area contributed by atoms with Gasteiger partial charge in [-0.3, -0.25) is 9.10 Å². The van der Waals surface area contributed by atoms with Gasteiger partial charge < -0.3 is 5.32 Å². The van der Waals surface area contributed by atoms with Gasteiger partial charge in [-0.15, -0.1) is 0 Å². The van der Waals surface area contributed by atoms with Crippen molar-refractivity contribution in [3.8, 4) is 0 Å². The Morgan fingerprint density at radius 2 is 1.62 bits per heavy atom. The van der Waals surface area contributed by atoms with Gasteiger partial charge in [0.25, 0.3) is 0 Å². The average Bonchev–Trinajstić information content (AvgIpc) is 2.55. The van der Waals surface area contributed by atoms with Crippen LogP contribution in [0.5, 0.6) is 0 Å². The van der Waals surface area contributed by atoms with Crippen LogP contribution in [-0.2, 0) is 14.8 Å². The first-order chi connectivity index (χ1) is 12.1. The summed E-state index contributed by atoms with van der Waals surface area (Å²) >= 11 is 0. The molecule has 2 rings (SSSR count). The van der Waals surface area contributed by atoms with Crippen molar-refractivity contribution in [2.24, 2.45) is 0 Å². The van der Waals surface area contributed by atoms with E-state index >= 15 is 0 Å². The number of para-hydroxylation sites is 1. The van der Waals surface area contributed by atoms with Crippen LogP contribution < -0.4 is 9.62 Å². The molecule has 26 heavy (non-hydrogen) atoms. The Morgan fingerprint density at radius 1 is 1.08 bits per heavy atom. The van der Waals surface area contributed by atoms with Gasteiger partial charge in [0.2, 0.25) is 15.9 Å². The van der Waals surface area contributed by atoms with Crippen LogP contribution in [0.2, 0.25) is 0 Å². The molecule has 0 saturated heterocycles. The summed E-state index contributed by atoms with van der Waals surface area (Å²) in [5.41, 5.74) is 4.25. The molecule has 0 fully saturated rings. The van der Waals surface area contributed by atoms with E-state index < -0.39 is 16.1 Å². The molecule has 0 aliphatic carbocycles. The normalized spacial score (nSPS) is 12.5. The molecular formula is C20H26N2O3S. The van der Waals surface area contributed by atoms with Crippen molar-refractivity contribution >= 4 is 27.3 Å². The standard InChI is InChI=1S/C20H26N2O3S/c1-6-18(22(26(5,24)25)17-10-8-7-9-11-17)20(23)21-19-15(3)12-14(2)13-16(19)4/h7-13,18H,6H2,1-5H3,(H,21,23). The maximum absolute atomic E-state index is 13.0. The fraction of sp³-hybridized carbons (Fsp3) is 0.350. The van der Waals surface area contributed by atoms with Crippen LogP contribution >= 0.6 is 0 Å². The number of aryl methyl sites for hydroxylation is 3. The zero-order valence-corrected chi connectivity index (χ0v) is 16.7. The Morgan fingerprint density at radius 3 is 2.08 bits per heavy atom. The van der Waals surface area contributed by atoms with Crippen LogP contribution in [0.25, 0.3) is 0 Å². The average molecular weight is 375 g/mol. The lowest BCUT2D eigenvalue weighted by atomic mass is 10.0. The third-order valence-electron chi connectivity index (χ3n) is 4.27. The molecule has 2 aromatic carbocycles. The third-order valence-corrected chi connectivity index (χ3v) is 5.45. The molecule has 0 aliphatic heterocycles. The van der Waals surface area contributed by atoms with E-state index in [1.807, 2.05) is 39.0 Å². The second-order valence-electron chi connectivity index (χ2n) is 6.58. The Balaban J connectivity index is 2.41. The highest BCUT2D eigenvalue weighted by molar-refractivity contribution is 7.92. The number of amides is 1. The zero-order valence-electron chi connectivity index (χ0n) is 15.9. The molecule has 1 N–H and O–H groups in total. The quantitative estimate of drug-likeness (QED) is 0.836. The minimum atomic E-state index is -3.62. The van der Waals surface area contributed by atoms with Crippen LogP contribution in [0.4, 0.5) is 11.4 Å². The summed E-state index contributed by atoms with van der Waals surface area (Å²) in [4.78, 5) is 13.0. The Bertz CT molecular complexity index is 870. The van der Waals surface area contributed by atoms with Gasteiger partial charge in [-0.2, -0.15) is 0 Å². The van der Waals surface area contributed by atoms with Crippen molar-refractivity contribution in [3.05, 3.63) is 59.2 Å². The van der Waals surface area contributed by atoms with Crippen LogP contribution in [0.1, 0.15) is 30.0 Å². The van der Waals surface area contributed by atoms with Gasteiger partial charge in [0.1, 0.15) is 6.04 Å². The number of nitrogens with zero attached hydrogens (tertiary/aromatic N) is 1. The number of benzene rings is 2. The number of hydrogen-bond donors (Lipinski definition) is 1. The van der Waals surface area contributed by atoms with Crippen molar-refractivity contribution in [2.45, 2.75) is 40.2 Å². The summed E-state index contributed by atoms with van der Waals surface area (Å²) in [6, 6.07) is 11.9. The van der Waals surface area contributed by atoms with Gasteiger partial charge in [-0.25, -0.2) is 8.42 Å². The number of carbonyl (C=O) groups is 1. The smallest absolute Gasteiger partial charge is 0.248 e. The number of sulfonamides is 1. The number of hydrogen-bond acceptors (Lipinski definition) is 3. The molecule has 2 aromatic rings. The summed E-state index contributed by atoms with van der Waals surface area (Å²) < 4.78 is 26.0. The van der Waals surface area contributed by atoms with E-state index in [2.05, 4.69) is 5.32 Å². The molecule has 1 amide bonds. The first-order valence-corrected chi connectivity index (χ1v) is 10.4. The van der Waals surface area contributed by atoms with Gasteiger partial charge >= 0.3 is 0 Å². The Labute approximate surface area is 156 Å².